The summed E-state index contributed by atoms with van der Waals surface area (Å²) in [6.07, 6.45) is 0.937. The first-order valence-electron chi connectivity index (χ1n) is 12.0. The Morgan fingerprint density at radius 1 is 0.568 bits per heavy atom. The van der Waals surface area contributed by atoms with Crippen molar-refractivity contribution in [3.05, 3.63) is 151 Å². The van der Waals surface area contributed by atoms with Crippen molar-refractivity contribution in [2.45, 2.75) is 6.16 Å². The van der Waals surface area contributed by atoms with Crippen molar-refractivity contribution in [1.82, 2.24) is 0 Å². The molecule has 0 aliphatic rings. The van der Waals surface area contributed by atoms with Crippen LogP contribution in [0.5, 0.6) is 0 Å². The van der Waals surface area contributed by atoms with Crippen LogP contribution >= 0.6 is 7.26 Å². The van der Waals surface area contributed by atoms with Crippen LogP contribution in [0.1, 0.15) is 15.9 Å². The molecule has 0 radical (unpaired) electrons. The van der Waals surface area contributed by atoms with Crippen molar-refractivity contribution in [2.24, 2.45) is 0 Å². The second-order valence-corrected chi connectivity index (χ2v) is 12.2. The zero-order valence-electron chi connectivity index (χ0n) is 20.6. The maximum atomic E-state index is 11.8. The minimum absolute atomic E-state index is 0. The van der Waals surface area contributed by atoms with Gasteiger partial charge in [-0.15, -0.1) is 0 Å². The van der Waals surface area contributed by atoms with E-state index in [1.807, 2.05) is 24.3 Å². The van der Waals surface area contributed by atoms with Gasteiger partial charge in [0, 0.05) is 0 Å². The highest BCUT2D eigenvalue weighted by atomic mass is 79.9. The number of methoxy groups -OCH3 is 1. The van der Waals surface area contributed by atoms with Gasteiger partial charge in [-0.1, -0.05) is 91.0 Å². The third-order valence-corrected chi connectivity index (χ3v) is 11.0. The molecule has 0 amide bonds. The highest BCUT2D eigenvalue weighted by Gasteiger charge is 2.45. The molecule has 0 aromatic heterocycles. The number of hydrogen-bond donors (Lipinski definition) is 0. The summed E-state index contributed by atoms with van der Waals surface area (Å²) in [7, 11) is -0.534. The lowest BCUT2D eigenvalue weighted by atomic mass is 10.0. The molecule has 0 aliphatic heterocycles. The monoisotopic (exact) mass is 566 g/mol. The van der Waals surface area contributed by atoms with Crippen LogP contribution in [0.2, 0.25) is 0 Å². The molecule has 0 unspecified atom stereocenters. The van der Waals surface area contributed by atoms with Crippen molar-refractivity contribution < 1.29 is 26.5 Å². The van der Waals surface area contributed by atoms with Crippen molar-refractivity contribution in [2.75, 3.05) is 7.11 Å². The Morgan fingerprint density at radius 3 is 1.32 bits per heavy atom. The molecule has 0 heterocycles. The molecule has 0 aliphatic carbocycles. The van der Waals surface area contributed by atoms with Crippen molar-refractivity contribution in [3.8, 4) is 11.1 Å². The normalized spacial score (nSPS) is 10.8. The van der Waals surface area contributed by atoms with E-state index in [4.69, 9.17) is 4.74 Å². The first-order valence-corrected chi connectivity index (χ1v) is 14.0. The number of rotatable bonds is 7. The van der Waals surface area contributed by atoms with E-state index in [2.05, 4.69) is 115 Å². The molecule has 184 valence electrons. The standard InChI is InChI=1S/C33H28O2P.BrH/c1-35-33(34)29-23-21-28(22-24-29)27-19-17-26(18-20-27)25-36(30-11-5-2-6-12-30,31-13-7-3-8-14-31)32-15-9-4-10-16-32;/h2-24H,25H2,1H3;1H/q+1;/p-1. The SMILES string of the molecule is COC(=O)c1ccc(-c2ccc(C[P+](c3ccccc3)(c3ccccc3)c3ccccc3)cc2)cc1.[Br-]. The van der Waals surface area contributed by atoms with Gasteiger partial charge in [-0.05, 0) is 65.2 Å². The van der Waals surface area contributed by atoms with Gasteiger partial charge in [-0.25, -0.2) is 4.79 Å². The zero-order valence-corrected chi connectivity index (χ0v) is 23.1. The molecule has 5 aromatic carbocycles. The Labute approximate surface area is 230 Å². The van der Waals surface area contributed by atoms with E-state index in [0.29, 0.717) is 5.56 Å². The predicted octanol–water partition coefficient (Wildman–Crippen LogP) is 3.64. The Bertz CT molecular complexity index is 1320. The van der Waals surface area contributed by atoms with Crippen LogP contribution in [0.4, 0.5) is 0 Å². The number of benzene rings is 5. The van der Waals surface area contributed by atoms with E-state index < -0.39 is 7.26 Å². The van der Waals surface area contributed by atoms with Crippen LogP contribution in [-0.2, 0) is 10.9 Å². The van der Waals surface area contributed by atoms with Crippen LogP contribution in [0, 0.1) is 0 Å². The van der Waals surface area contributed by atoms with E-state index in [-0.39, 0.29) is 23.0 Å². The van der Waals surface area contributed by atoms with E-state index in [9.17, 15) is 4.79 Å². The molecular weight excluding hydrogens is 539 g/mol. The van der Waals surface area contributed by atoms with E-state index >= 15 is 0 Å². The van der Waals surface area contributed by atoms with Crippen LogP contribution in [0.15, 0.2) is 140 Å². The van der Waals surface area contributed by atoms with Crippen molar-refractivity contribution in [1.29, 1.82) is 0 Å². The summed E-state index contributed by atoms with van der Waals surface area (Å²) in [5, 5.41) is 4.14. The van der Waals surface area contributed by atoms with Gasteiger partial charge in [0.2, 0.25) is 0 Å². The molecule has 5 aromatic rings. The molecule has 5 rings (SSSR count). The number of carbonyl (C=O) groups is 1. The number of carbonyl (C=O) groups excluding carboxylic acids is 1. The lowest BCUT2D eigenvalue weighted by Crippen LogP contribution is -3.00. The number of halogens is 1. The molecular formula is C33H28BrO2P. The predicted molar refractivity (Wildman–Crippen MR) is 152 cm³/mol. The third-order valence-electron chi connectivity index (χ3n) is 6.60. The van der Waals surface area contributed by atoms with Gasteiger partial charge in [0.05, 0.1) is 18.8 Å². The van der Waals surface area contributed by atoms with Gasteiger partial charge < -0.3 is 21.7 Å². The average Bonchev–Trinajstić information content (AvgIpc) is 2.97. The smallest absolute Gasteiger partial charge is 0.337 e. The molecule has 0 saturated heterocycles. The summed E-state index contributed by atoms with van der Waals surface area (Å²) in [6.45, 7) is 0. The van der Waals surface area contributed by atoms with Crippen LogP contribution in [-0.4, -0.2) is 13.1 Å². The summed E-state index contributed by atoms with van der Waals surface area (Å²) in [5.74, 6) is -0.319. The fraction of sp³-hybridized carbons (Fsp3) is 0.0606. The zero-order chi connectivity index (χ0) is 24.8. The molecule has 0 N–H and O–H groups in total. The third kappa shape index (κ3) is 5.59. The van der Waals surface area contributed by atoms with Gasteiger partial charge in [0.1, 0.15) is 23.2 Å². The van der Waals surface area contributed by atoms with Crippen molar-refractivity contribution in [3.63, 3.8) is 0 Å². The van der Waals surface area contributed by atoms with Gasteiger partial charge in [0.25, 0.3) is 0 Å². The molecule has 2 nitrogen and oxygen atoms in total. The van der Waals surface area contributed by atoms with Gasteiger partial charge >= 0.3 is 5.97 Å². The Hall–Kier alpha value is -3.52. The second kappa shape index (κ2) is 12.1. The van der Waals surface area contributed by atoms with Crippen LogP contribution < -0.4 is 32.9 Å². The fourth-order valence-electron chi connectivity index (χ4n) is 4.76. The Balaban J connectivity index is 0.00000320. The van der Waals surface area contributed by atoms with Gasteiger partial charge in [-0.3, -0.25) is 0 Å². The number of ether oxygens (including phenoxy) is 1. The van der Waals surface area contributed by atoms with Gasteiger partial charge in [0.15, 0.2) is 0 Å². The second-order valence-electron chi connectivity index (χ2n) is 8.74. The Kier molecular flexibility index (Phi) is 8.71. The lowest BCUT2D eigenvalue weighted by molar-refractivity contribution is -0.0000215. The Morgan fingerprint density at radius 2 is 0.946 bits per heavy atom. The summed E-state index contributed by atoms with van der Waals surface area (Å²) in [4.78, 5) is 11.8. The summed E-state index contributed by atoms with van der Waals surface area (Å²) < 4.78 is 4.82. The molecule has 0 spiro atoms. The number of hydrogen-bond acceptors (Lipinski definition) is 2. The molecule has 0 fully saturated rings. The van der Waals surface area contributed by atoms with Gasteiger partial charge in [-0.2, -0.15) is 0 Å². The summed E-state index contributed by atoms with van der Waals surface area (Å²) in [5.41, 5.74) is 4.05. The summed E-state index contributed by atoms with van der Waals surface area (Å²) >= 11 is 0. The largest absolute Gasteiger partial charge is 1.00 e. The minimum Gasteiger partial charge on any atom is -1.00 e. The molecule has 4 heteroatoms. The van der Waals surface area contributed by atoms with Crippen LogP contribution in [0.3, 0.4) is 0 Å². The highest BCUT2D eigenvalue weighted by Crippen LogP contribution is 2.58. The van der Waals surface area contributed by atoms with Crippen molar-refractivity contribution >= 4 is 29.1 Å². The molecule has 0 bridgehead atoms. The number of esters is 1. The minimum atomic E-state index is -1.93. The molecule has 37 heavy (non-hydrogen) atoms. The van der Waals surface area contributed by atoms with E-state index in [1.54, 1.807) is 0 Å². The van der Waals surface area contributed by atoms with E-state index in [0.717, 1.165) is 17.3 Å². The highest BCUT2D eigenvalue weighted by molar-refractivity contribution is 7.95. The van der Waals surface area contributed by atoms with Crippen LogP contribution in [0.25, 0.3) is 11.1 Å². The van der Waals surface area contributed by atoms with E-state index in [1.165, 1.54) is 28.6 Å². The quantitative estimate of drug-likeness (QED) is 0.222. The maximum absolute atomic E-state index is 11.8. The first kappa shape index (κ1) is 26.5. The fourth-order valence-corrected chi connectivity index (χ4v) is 9.01. The molecule has 0 saturated carbocycles. The first-order chi connectivity index (χ1) is 17.7. The lowest BCUT2D eigenvalue weighted by Gasteiger charge is -2.28. The maximum Gasteiger partial charge on any atom is 0.337 e. The summed E-state index contributed by atoms with van der Waals surface area (Å²) in [6, 6.07) is 49.3. The average molecular weight is 567 g/mol. The topological polar surface area (TPSA) is 26.3 Å². The molecule has 0 atom stereocenters.